The lowest BCUT2D eigenvalue weighted by molar-refractivity contribution is -0.124. The smallest absolute Gasteiger partial charge is 0.267 e. The predicted octanol–water partition coefficient (Wildman–Crippen LogP) is 2.69. The second-order valence-corrected chi connectivity index (χ2v) is 7.77. The van der Waals surface area contributed by atoms with Crippen LogP contribution in [0.4, 0.5) is 0 Å². The van der Waals surface area contributed by atoms with E-state index in [1.165, 1.54) is 28.2 Å². The molecule has 0 aliphatic heterocycles. The van der Waals surface area contributed by atoms with Gasteiger partial charge in [-0.2, -0.15) is 0 Å². The van der Waals surface area contributed by atoms with Crippen molar-refractivity contribution < 1.29 is 15.1 Å². The van der Waals surface area contributed by atoms with Crippen molar-refractivity contribution in [1.82, 2.24) is 15.4 Å². The van der Waals surface area contributed by atoms with Gasteiger partial charge in [-0.05, 0) is 53.7 Å². The summed E-state index contributed by atoms with van der Waals surface area (Å²) in [5, 5.41) is 19.5. The van der Waals surface area contributed by atoms with Crippen LogP contribution in [0.5, 0.6) is 0 Å². The largest absolute Gasteiger partial charge is 0.395 e. The van der Waals surface area contributed by atoms with E-state index in [2.05, 4.69) is 46.4 Å². The first-order valence-corrected chi connectivity index (χ1v) is 10.3. The molecule has 156 valence electrons. The highest BCUT2D eigenvalue weighted by Crippen LogP contribution is 2.28. The van der Waals surface area contributed by atoms with E-state index < -0.39 is 5.91 Å². The third-order valence-electron chi connectivity index (χ3n) is 5.93. The molecule has 1 aromatic heterocycles. The lowest BCUT2D eigenvalue weighted by Gasteiger charge is -2.28. The first kappa shape index (κ1) is 20.3. The van der Waals surface area contributed by atoms with Crippen LogP contribution in [0.25, 0.3) is 17.0 Å². The van der Waals surface area contributed by atoms with E-state index in [4.69, 9.17) is 5.21 Å². The van der Waals surface area contributed by atoms with Crippen molar-refractivity contribution in [2.75, 3.05) is 19.7 Å². The minimum atomic E-state index is -0.542. The van der Waals surface area contributed by atoms with Gasteiger partial charge in [0.2, 0.25) is 0 Å². The number of carbonyl (C=O) groups is 1. The topological polar surface area (TPSA) is 88.6 Å². The predicted molar refractivity (Wildman–Crippen MR) is 117 cm³/mol. The van der Waals surface area contributed by atoms with E-state index in [-0.39, 0.29) is 6.61 Å². The zero-order valence-electron chi connectivity index (χ0n) is 16.8. The van der Waals surface area contributed by atoms with Gasteiger partial charge >= 0.3 is 0 Å². The summed E-state index contributed by atoms with van der Waals surface area (Å²) in [6.07, 6.45) is 7.92. The number of aromatic nitrogens is 1. The van der Waals surface area contributed by atoms with Crippen molar-refractivity contribution in [2.24, 2.45) is 0 Å². The molecule has 0 fully saturated rings. The number of hydrogen-bond donors (Lipinski definition) is 4. The van der Waals surface area contributed by atoms with Gasteiger partial charge in [-0.3, -0.25) is 14.9 Å². The van der Waals surface area contributed by atoms with Crippen LogP contribution in [-0.2, 0) is 24.1 Å². The molecule has 1 aliphatic carbocycles. The second-order valence-electron chi connectivity index (χ2n) is 7.77. The third-order valence-corrected chi connectivity index (χ3v) is 5.93. The summed E-state index contributed by atoms with van der Waals surface area (Å²) >= 11 is 0. The van der Waals surface area contributed by atoms with Crippen LogP contribution >= 0.6 is 0 Å². The van der Waals surface area contributed by atoms with E-state index in [1.54, 1.807) is 11.6 Å². The van der Waals surface area contributed by atoms with E-state index in [1.807, 2.05) is 12.1 Å². The van der Waals surface area contributed by atoms with Crippen molar-refractivity contribution in [3.05, 3.63) is 77.0 Å². The van der Waals surface area contributed by atoms with Crippen molar-refractivity contribution >= 4 is 22.9 Å². The van der Waals surface area contributed by atoms with Gasteiger partial charge in [0, 0.05) is 42.3 Å². The number of rotatable bonds is 8. The highest BCUT2D eigenvalue weighted by atomic mass is 16.5. The maximum atomic E-state index is 11.2. The molecule has 1 aliphatic rings. The number of amides is 1. The SMILES string of the molecule is O=C(/C=C/c1ccc2c(c1)CC(N(CCO)CCc1c[nH]c3ccccc13)C2)NO. The molecule has 2 aromatic carbocycles. The Morgan fingerprint density at radius 3 is 2.83 bits per heavy atom. The number of nitrogens with one attached hydrogen (secondary N) is 2. The summed E-state index contributed by atoms with van der Waals surface area (Å²) in [6, 6.07) is 14.9. The van der Waals surface area contributed by atoms with Crippen LogP contribution in [0.3, 0.4) is 0 Å². The van der Waals surface area contributed by atoms with Gasteiger partial charge in [-0.1, -0.05) is 36.4 Å². The van der Waals surface area contributed by atoms with Gasteiger partial charge in [-0.15, -0.1) is 0 Å². The minimum absolute atomic E-state index is 0.144. The van der Waals surface area contributed by atoms with Crippen molar-refractivity contribution in [2.45, 2.75) is 25.3 Å². The van der Waals surface area contributed by atoms with Crippen molar-refractivity contribution in [3.63, 3.8) is 0 Å². The van der Waals surface area contributed by atoms with Gasteiger partial charge in [0.1, 0.15) is 0 Å². The summed E-state index contributed by atoms with van der Waals surface area (Å²) in [5.41, 5.74) is 7.60. The fraction of sp³-hybridized carbons (Fsp3) is 0.292. The zero-order valence-corrected chi connectivity index (χ0v) is 16.8. The zero-order chi connectivity index (χ0) is 20.9. The number of carbonyl (C=O) groups excluding carboxylic acids is 1. The van der Waals surface area contributed by atoms with Crippen LogP contribution in [0, 0.1) is 0 Å². The monoisotopic (exact) mass is 405 g/mol. The summed E-state index contributed by atoms with van der Waals surface area (Å²) in [4.78, 5) is 16.9. The molecule has 0 saturated heterocycles. The molecule has 1 unspecified atom stereocenters. The maximum absolute atomic E-state index is 11.2. The summed E-state index contributed by atoms with van der Waals surface area (Å²) in [6.45, 7) is 1.69. The molecule has 0 saturated carbocycles. The fourth-order valence-electron chi connectivity index (χ4n) is 4.39. The maximum Gasteiger partial charge on any atom is 0.267 e. The average molecular weight is 405 g/mol. The number of H-pyrrole nitrogens is 1. The number of aliphatic hydroxyl groups is 1. The van der Waals surface area contributed by atoms with E-state index in [0.717, 1.165) is 36.9 Å². The highest BCUT2D eigenvalue weighted by molar-refractivity contribution is 5.90. The minimum Gasteiger partial charge on any atom is -0.395 e. The molecule has 6 heteroatoms. The van der Waals surface area contributed by atoms with Crippen molar-refractivity contribution in [3.8, 4) is 0 Å². The van der Waals surface area contributed by atoms with E-state index in [0.29, 0.717) is 12.6 Å². The van der Waals surface area contributed by atoms with Gasteiger partial charge in [-0.25, -0.2) is 5.48 Å². The number of hydrogen-bond acceptors (Lipinski definition) is 4. The molecule has 6 nitrogen and oxygen atoms in total. The third kappa shape index (κ3) is 4.46. The molecule has 3 aromatic rings. The number of hydroxylamine groups is 1. The van der Waals surface area contributed by atoms with Crippen LogP contribution in [0.2, 0.25) is 0 Å². The van der Waals surface area contributed by atoms with E-state index >= 15 is 0 Å². The van der Waals surface area contributed by atoms with Crippen molar-refractivity contribution in [1.29, 1.82) is 0 Å². The molecule has 1 atom stereocenters. The lowest BCUT2D eigenvalue weighted by atomic mass is 10.1. The molecule has 4 rings (SSSR count). The summed E-state index contributed by atoms with van der Waals surface area (Å²) in [5.74, 6) is -0.542. The number of fused-ring (bicyclic) bond motifs is 2. The first-order chi connectivity index (χ1) is 14.7. The molecule has 1 amide bonds. The van der Waals surface area contributed by atoms with E-state index in [9.17, 15) is 9.90 Å². The molecule has 0 bridgehead atoms. The molecule has 1 heterocycles. The summed E-state index contributed by atoms with van der Waals surface area (Å²) in [7, 11) is 0. The number of benzene rings is 2. The number of para-hydroxylation sites is 1. The second kappa shape index (κ2) is 9.26. The standard InChI is InChI=1S/C24H27N3O3/c28-12-11-27(10-9-19-16-25-23-4-2-1-3-22(19)23)21-14-18-7-5-17(13-20(18)15-21)6-8-24(29)26-30/h1-8,13,16,21,25,28,30H,9-12,14-15H2,(H,26,29)/b8-6+. The van der Waals surface area contributed by atoms with Crippen LogP contribution in [-0.4, -0.2) is 51.8 Å². The highest BCUT2D eigenvalue weighted by Gasteiger charge is 2.26. The average Bonchev–Trinajstić information content (AvgIpc) is 3.38. The Hall–Kier alpha value is -2.93. The number of aliphatic hydroxyl groups excluding tert-OH is 1. The lowest BCUT2D eigenvalue weighted by Crippen LogP contribution is -2.39. The normalized spacial score (nSPS) is 15.9. The Morgan fingerprint density at radius 2 is 2.00 bits per heavy atom. The van der Waals surface area contributed by atoms with Gasteiger partial charge in [0.25, 0.3) is 5.91 Å². The molecular weight excluding hydrogens is 378 g/mol. The van der Waals surface area contributed by atoms with Crippen LogP contribution in [0.15, 0.2) is 54.7 Å². The molecule has 0 spiro atoms. The fourth-order valence-corrected chi connectivity index (χ4v) is 4.39. The Kier molecular flexibility index (Phi) is 6.28. The van der Waals surface area contributed by atoms with Gasteiger partial charge in [0.05, 0.1) is 6.61 Å². The summed E-state index contributed by atoms with van der Waals surface area (Å²) < 4.78 is 0. The van der Waals surface area contributed by atoms with Gasteiger partial charge in [0.15, 0.2) is 0 Å². The molecule has 30 heavy (non-hydrogen) atoms. The Labute approximate surface area is 175 Å². The number of nitrogens with zero attached hydrogens (tertiary/aromatic N) is 1. The molecule has 0 radical (unpaired) electrons. The quantitative estimate of drug-likeness (QED) is 0.264. The Bertz CT molecular complexity index is 1060. The molecular formula is C24H27N3O3. The first-order valence-electron chi connectivity index (χ1n) is 10.3. The van der Waals surface area contributed by atoms with Gasteiger partial charge < -0.3 is 10.1 Å². The molecule has 4 N–H and O–H groups in total. The Balaban J connectivity index is 1.44. The van der Waals surface area contributed by atoms with Crippen LogP contribution in [0.1, 0.15) is 22.3 Å². The van der Waals surface area contributed by atoms with Crippen LogP contribution < -0.4 is 5.48 Å². The Morgan fingerprint density at radius 1 is 1.17 bits per heavy atom. The number of aromatic amines is 1.